The van der Waals surface area contributed by atoms with Crippen molar-refractivity contribution >= 4 is 23.6 Å². The summed E-state index contributed by atoms with van der Waals surface area (Å²) >= 11 is 1.84. The summed E-state index contributed by atoms with van der Waals surface area (Å²) in [5.41, 5.74) is 3.58. The first-order valence-corrected chi connectivity index (χ1v) is 14.1. The van der Waals surface area contributed by atoms with Crippen molar-refractivity contribution in [3.8, 4) is 0 Å². The molecule has 0 aliphatic rings. The van der Waals surface area contributed by atoms with Gasteiger partial charge in [0.15, 0.2) is 0 Å². The number of amides is 1. The lowest BCUT2D eigenvalue weighted by Crippen LogP contribution is -2.41. The molecule has 3 N–H and O–H groups in total. The van der Waals surface area contributed by atoms with E-state index >= 15 is 0 Å². The van der Waals surface area contributed by atoms with Gasteiger partial charge in [-0.2, -0.15) is 0 Å². The Morgan fingerprint density at radius 2 is 1.39 bits per heavy atom. The van der Waals surface area contributed by atoms with Crippen molar-refractivity contribution in [2.24, 2.45) is 0 Å². The Bertz CT molecular complexity index is 1060. The van der Waals surface area contributed by atoms with Crippen molar-refractivity contribution in [1.29, 1.82) is 0 Å². The summed E-state index contributed by atoms with van der Waals surface area (Å²) in [5, 5.41) is 22.2. The molecular formula is C32H37NO4S. The monoisotopic (exact) mass is 531 g/mol. The molecule has 3 aromatic rings. The molecule has 0 bridgehead atoms. The van der Waals surface area contributed by atoms with Gasteiger partial charge in [-0.1, -0.05) is 123 Å². The van der Waals surface area contributed by atoms with Crippen LogP contribution in [-0.4, -0.2) is 40.0 Å². The predicted octanol–water partition coefficient (Wildman–Crippen LogP) is 6.17. The van der Waals surface area contributed by atoms with E-state index in [0.717, 1.165) is 12.2 Å². The van der Waals surface area contributed by atoms with Crippen LogP contribution in [0.3, 0.4) is 0 Å². The van der Waals surface area contributed by atoms with E-state index in [4.69, 9.17) is 0 Å². The SMILES string of the molecule is CCCC[C@@H](NC(=O)CC(O)/C=C/CCSC(c1ccccc1)(c1ccccc1)c1ccccc1)C(=O)O. The molecule has 0 heterocycles. The van der Waals surface area contributed by atoms with E-state index < -0.39 is 28.8 Å². The molecule has 6 heteroatoms. The Kier molecular flexibility index (Phi) is 11.7. The Hall–Kier alpha value is -3.35. The van der Waals surface area contributed by atoms with Gasteiger partial charge in [-0.15, -0.1) is 11.8 Å². The number of hydrogen-bond acceptors (Lipinski definition) is 4. The van der Waals surface area contributed by atoms with Crippen LogP contribution in [0.15, 0.2) is 103 Å². The van der Waals surface area contributed by atoms with E-state index in [1.807, 2.05) is 43.0 Å². The third-order valence-corrected chi connectivity index (χ3v) is 7.96. The third-order valence-electron chi connectivity index (χ3n) is 6.38. The molecule has 3 rings (SSSR count). The van der Waals surface area contributed by atoms with Gasteiger partial charge in [0.1, 0.15) is 6.04 Å². The van der Waals surface area contributed by atoms with Gasteiger partial charge in [-0.05, 0) is 35.3 Å². The molecule has 0 fully saturated rings. The minimum Gasteiger partial charge on any atom is -0.480 e. The van der Waals surface area contributed by atoms with Crippen molar-refractivity contribution in [2.75, 3.05) is 5.75 Å². The molecule has 3 aromatic carbocycles. The minimum absolute atomic E-state index is 0.165. The Balaban J connectivity index is 1.68. The largest absolute Gasteiger partial charge is 0.480 e. The van der Waals surface area contributed by atoms with Crippen LogP contribution in [0.1, 0.15) is 55.7 Å². The van der Waals surface area contributed by atoms with E-state index in [1.165, 1.54) is 16.7 Å². The first kappa shape index (κ1) is 29.2. The van der Waals surface area contributed by atoms with Gasteiger partial charge in [-0.3, -0.25) is 4.79 Å². The first-order valence-electron chi connectivity index (χ1n) is 13.1. The zero-order valence-corrected chi connectivity index (χ0v) is 22.6. The standard InChI is InChI=1S/C32H37NO4S/c1-2-3-22-29(31(36)37)33-30(35)24-28(34)21-13-14-23-38-32(25-15-7-4-8-16-25,26-17-9-5-10-18-26)27-19-11-6-12-20-27/h4-13,15-21,28-29,34H,2-3,14,22-24H2,1H3,(H,33,35)(H,36,37)/b21-13+/t28?,29-/m1/s1. The van der Waals surface area contributed by atoms with Crippen molar-refractivity contribution in [1.82, 2.24) is 5.32 Å². The summed E-state index contributed by atoms with van der Waals surface area (Å²) in [4.78, 5) is 23.6. The molecule has 0 aliphatic carbocycles. The number of nitrogens with one attached hydrogen (secondary N) is 1. The van der Waals surface area contributed by atoms with E-state index in [0.29, 0.717) is 19.3 Å². The zero-order chi connectivity index (χ0) is 27.2. The maximum Gasteiger partial charge on any atom is 0.326 e. The second-order valence-corrected chi connectivity index (χ2v) is 10.5. The van der Waals surface area contributed by atoms with Crippen LogP contribution in [0.5, 0.6) is 0 Å². The van der Waals surface area contributed by atoms with Crippen molar-refractivity contribution < 1.29 is 19.8 Å². The molecule has 2 atom stereocenters. The number of carbonyl (C=O) groups excluding carboxylic acids is 1. The van der Waals surface area contributed by atoms with Crippen LogP contribution >= 0.6 is 11.8 Å². The number of aliphatic hydroxyl groups is 1. The fourth-order valence-corrected chi connectivity index (χ4v) is 5.95. The van der Waals surface area contributed by atoms with Crippen LogP contribution in [0.4, 0.5) is 0 Å². The van der Waals surface area contributed by atoms with E-state index in [2.05, 4.69) is 78.1 Å². The minimum atomic E-state index is -1.05. The second-order valence-electron chi connectivity index (χ2n) is 9.22. The maximum absolute atomic E-state index is 12.3. The quantitative estimate of drug-likeness (QED) is 0.124. The summed E-state index contributed by atoms with van der Waals surface area (Å²) in [5.74, 6) is -0.726. The van der Waals surface area contributed by atoms with Crippen molar-refractivity contribution in [3.05, 3.63) is 120 Å². The molecular weight excluding hydrogens is 494 g/mol. The Labute approximate surface area is 230 Å². The summed E-state index contributed by atoms with van der Waals surface area (Å²) in [6, 6.07) is 30.5. The summed E-state index contributed by atoms with van der Waals surface area (Å²) in [6.45, 7) is 1.97. The molecule has 0 aliphatic heterocycles. The average molecular weight is 532 g/mol. The highest BCUT2D eigenvalue weighted by atomic mass is 32.2. The molecule has 0 spiro atoms. The number of carboxylic acid groups (broad SMARTS) is 1. The molecule has 0 saturated heterocycles. The smallest absolute Gasteiger partial charge is 0.326 e. The normalized spacial score (nSPS) is 13.2. The van der Waals surface area contributed by atoms with Crippen LogP contribution < -0.4 is 5.32 Å². The topological polar surface area (TPSA) is 86.6 Å². The first-order chi connectivity index (χ1) is 18.5. The number of allylic oxidation sites excluding steroid dienone is 1. The number of carbonyl (C=O) groups is 2. The van der Waals surface area contributed by atoms with Crippen LogP contribution in [0.2, 0.25) is 0 Å². The lowest BCUT2D eigenvalue weighted by molar-refractivity contribution is -0.142. The van der Waals surface area contributed by atoms with Gasteiger partial charge in [-0.25, -0.2) is 4.79 Å². The lowest BCUT2D eigenvalue weighted by atomic mass is 9.84. The molecule has 0 radical (unpaired) electrons. The Morgan fingerprint density at radius 3 is 1.84 bits per heavy atom. The average Bonchev–Trinajstić information content (AvgIpc) is 2.94. The van der Waals surface area contributed by atoms with Gasteiger partial charge in [0.25, 0.3) is 0 Å². The number of carboxylic acids is 1. The highest BCUT2D eigenvalue weighted by molar-refractivity contribution is 8.00. The number of unbranched alkanes of at least 4 members (excludes halogenated alkanes) is 1. The molecule has 5 nitrogen and oxygen atoms in total. The van der Waals surface area contributed by atoms with Crippen molar-refractivity contribution in [3.63, 3.8) is 0 Å². The molecule has 1 unspecified atom stereocenters. The van der Waals surface area contributed by atoms with Gasteiger partial charge in [0, 0.05) is 0 Å². The van der Waals surface area contributed by atoms with E-state index in [9.17, 15) is 19.8 Å². The molecule has 0 aromatic heterocycles. The van der Waals surface area contributed by atoms with Gasteiger partial charge >= 0.3 is 5.97 Å². The highest BCUT2D eigenvalue weighted by Crippen LogP contribution is 2.48. The maximum atomic E-state index is 12.3. The third kappa shape index (κ3) is 8.07. The van der Waals surface area contributed by atoms with Crippen LogP contribution in [-0.2, 0) is 14.3 Å². The number of aliphatic hydroxyl groups excluding tert-OH is 1. The van der Waals surface area contributed by atoms with Gasteiger partial charge in [0.2, 0.25) is 5.91 Å². The fourth-order valence-electron chi connectivity index (χ4n) is 4.48. The van der Waals surface area contributed by atoms with E-state index in [-0.39, 0.29) is 6.42 Å². The number of benzene rings is 3. The number of hydrogen-bond donors (Lipinski definition) is 3. The summed E-state index contributed by atoms with van der Waals surface area (Å²) in [7, 11) is 0. The highest BCUT2D eigenvalue weighted by Gasteiger charge is 2.36. The van der Waals surface area contributed by atoms with Crippen molar-refractivity contribution in [2.45, 2.75) is 55.9 Å². The van der Waals surface area contributed by atoms with Crippen LogP contribution in [0, 0.1) is 0 Å². The predicted molar refractivity (Wildman–Crippen MR) is 155 cm³/mol. The van der Waals surface area contributed by atoms with Gasteiger partial charge < -0.3 is 15.5 Å². The molecule has 200 valence electrons. The van der Waals surface area contributed by atoms with E-state index in [1.54, 1.807) is 6.08 Å². The summed E-state index contributed by atoms with van der Waals surface area (Å²) in [6.07, 6.45) is 5.03. The second kappa shape index (κ2) is 15.2. The molecule has 0 saturated carbocycles. The number of rotatable bonds is 15. The van der Waals surface area contributed by atoms with Crippen LogP contribution in [0.25, 0.3) is 0 Å². The molecule has 1 amide bonds. The molecule has 38 heavy (non-hydrogen) atoms. The fraction of sp³-hybridized carbons (Fsp3) is 0.312. The number of aliphatic carboxylic acids is 1. The Morgan fingerprint density at radius 1 is 0.895 bits per heavy atom. The van der Waals surface area contributed by atoms with Gasteiger partial charge in [0.05, 0.1) is 17.3 Å². The lowest BCUT2D eigenvalue weighted by Gasteiger charge is -2.35. The number of thioether (sulfide) groups is 1. The zero-order valence-electron chi connectivity index (χ0n) is 21.8. The summed E-state index contributed by atoms with van der Waals surface area (Å²) < 4.78 is -0.402.